The molecule has 0 aromatic heterocycles. The molecule has 0 heterocycles. The Morgan fingerprint density at radius 3 is 2.52 bits per heavy atom. The molecule has 0 aliphatic heterocycles. The van der Waals surface area contributed by atoms with Crippen LogP contribution in [0.2, 0.25) is 5.02 Å². The second kappa shape index (κ2) is 8.67. The number of carbonyl (C=O) groups excluding carboxylic acids is 2. The van der Waals surface area contributed by atoms with Crippen LogP contribution >= 0.6 is 11.6 Å². The molecule has 0 aliphatic carbocycles. The third kappa shape index (κ3) is 5.07. The number of hydrogen-bond acceptors (Lipinski definition) is 2. The highest BCUT2D eigenvalue weighted by Gasteiger charge is 2.14. The largest absolute Gasteiger partial charge is 0.342 e. The third-order valence-corrected chi connectivity index (χ3v) is 4.24. The molecule has 0 saturated carbocycles. The second-order valence-electron chi connectivity index (χ2n) is 6.07. The van der Waals surface area contributed by atoms with E-state index in [4.69, 9.17) is 11.6 Å². The van der Waals surface area contributed by atoms with Crippen molar-refractivity contribution in [1.82, 2.24) is 4.90 Å². The quantitative estimate of drug-likeness (QED) is 0.808. The molecular weight excluding hydrogens is 336 g/mol. The summed E-state index contributed by atoms with van der Waals surface area (Å²) >= 11 is 5.94. The Bertz CT molecular complexity index is 774. The predicted molar refractivity (Wildman–Crippen MR) is 102 cm³/mol. The highest BCUT2D eigenvalue weighted by Crippen LogP contribution is 2.20. The number of rotatable bonds is 6. The number of aryl methyl sites for hydroxylation is 1. The van der Waals surface area contributed by atoms with Gasteiger partial charge < -0.3 is 10.2 Å². The Balaban J connectivity index is 2.14. The summed E-state index contributed by atoms with van der Waals surface area (Å²) in [5, 5.41) is 3.48. The maximum atomic E-state index is 12.5. The Kier molecular flexibility index (Phi) is 6.59. The SMILES string of the molecule is CCCCN(C)C(=O)c1cccc(C(=O)Nc2ccc(Cl)cc2C)c1. The van der Waals surface area contributed by atoms with Crippen molar-refractivity contribution in [1.29, 1.82) is 0 Å². The van der Waals surface area contributed by atoms with E-state index in [0.29, 0.717) is 28.4 Å². The maximum absolute atomic E-state index is 12.5. The van der Waals surface area contributed by atoms with Crippen molar-refractivity contribution >= 4 is 29.1 Å². The molecule has 5 heteroatoms. The van der Waals surface area contributed by atoms with E-state index in [1.54, 1.807) is 54.4 Å². The lowest BCUT2D eigenvalue weighted by atomic mass is 10.1. The van der Waals surface area contributed by atoms with Crippen molar-refractivity contribution < 1.29 is 9.59 Å². The number of nitrogens with one attached hydrogen (secondary N) is 1. The lowest BCUT2D eigenvalue weighted by molar-refractivity contribution is 0.0793. The van der Waals surface area contributed by atoms with Crippen molar-refractivity contribution in [3.63, 3.8) is 0 Å². The van der Waals surface area contributed by atoms with E-state index in [9.17, 15) is 9.59 Å². The molecule has 25 heavy (non-hydrogen) atoms. The molecule has 1 N–H and O–H groups in total. The normalized spacial score (nSPS) is 10.4. The second-order valence-corrected chi connectivity index (χ2v) is 6.51. The number of carbonyl (C=O) groups is 2. The van der Waals surface area contributed by atoms with E-state index in [1.165, 1.54) is 0 Å². The summed E-state index contributed by atoms with van der Waals surface area (Å²) in [6.45, 7) is 4.67. The Hall–Kier alpha value is -2.33. The standard InChI is InChI=1S/C20H23ClN2O2/c1-4-5-11-23(3)20(25)16-8-6-7-15(13-16)19(24)22-18-10-9-17(21)12-14(18)2/h6-10,12-13H,4-5,11H2,1-3H3,(H,22,24). The van der Waals surface area contributed by atoms with Crippen molar-refractivity contribution in [3.05, 3.63) is 64.2 Å². The highest BCUT2D eigenvalue weighted by molar-refractivity contribution is 6.30. The fourth-order valence-corrected chi connectivity index (χ4v) is 2.70. The van der Waals surface area contributed by atoms with Gasteiger partial charge in [0.2, 0.25) is 0 Å². The minimum absolute atomic E-state index is 0.0780. The first kappa shape index (κ1) is 19.0. The fourth-order valence-electron chi connectivity index (χ4n) is 2.47. The molecule has 0 bridgehead atoms. The molecule has 2 aromatic carbocycles. The molecule has 0 fully saturated rings. The molecule has 0 aliphatic rings. The summed E-state index contributed by atoms with van der Waals surface area (Å²) in [5.74, 6) is -0.331. The van der Waals surface area contributed by atoms with Crippen LogP contribution in [0, 0.1) is 6.92 Å². The molecule has 2 amide bonds. The molecule has 0 saturated heterocycles. The molecule has 2 rings (SSSR count). The minimum Gasteiger partial charge on any atom is -0.342 e. The van der Waals surface area contributed by atoms with Crippen LogP contribution in [0.15, 0.2) is 42.5 Å². The summed E-state index contributed by atoms with van der Waals surface area (Å²) in [6, 6.07) is 12.1. The van der Waals surface area contributed by atoms with Gasteiger partial charge in [-0.3, -0.25) is 9.59 Å². The van der Waals surface area contributed by atoms with E-state index in [2.05, 4.69) is 12.2 Å². The Morgan fingerprint density at radius 2 is 1.84 bits per heavy atom. The van der Waals surface area contributed by atoms with Gasteiger partial charge in [0.05, 0.1) is 0 Å². The third-order valence-electron chi connectivity index (χ3n) is 4.00. The van der Waals surface area contributed by atoms with Gasteiger partial charge in [-0.25, -0.2) is 0 Å². The average molecular weight is 359 g/mol. The summed E-state index contributed by atoms with van der Waals surface area (Å²) < 4.78 is 0. The number of anilines is 1. The van der Waals surface area contributed by atoms with Gasteiger partial charge in [0.15, 0.2) is 0 Å². The topological polar surface area (TPSA) is 49.4 Å². The van der Waals surface area contributed by atoms with E-state index < -0.39 is 0 Å². The summed E-state index contributed by atoms with van der Waals surface area (Å²) in [4.78, 5) is 26.6. The zero-order valence-corrected chi connectivity index (χ0v) is 15.6. The molecule has 4 nitrogen and oxygen atoms in total. The van der Waals surface area contributed by atoms with Crippen molar-refractivity contribution in [2.24, 2.45) is 0 Å². The van der Waals surface area contributed by atoms with Crippen LogP contribution in [0.5, 0.6) is 0 Å². The first-order valence-electron chi connectivity index (χ1n) is 8.35. The van der Waals surface area contributed by atoms with Crippen LogP contribution < -0.4 is 5.32 Å². The number of nitrogens with zero attached hydrogens (tertiary/aromatic N) is 1. The zero-order valence-electron chi connectivity index (χ0n) is 14.8. The Morgan fingerprint density at radius 1 is 1.12 bits per heavy atom. The van der Waals surface area contributed by atoms with Crippen molar-refractivity contribution in [2.45, 2.75) is 26.7 Å². The van der Waals surface area contributed by atoms with Gasteiger partial charge in [-0.2, -0.15) is 0 Å². The number of benzene rings is 2. The minimum atomic E-state index is -0.253. The zero-order chi connectivity index (χ0) is 18.4. The summed E-state index contributed by atoms with van der Waals surface area (Å²) in [5.41, 5.74) is 2.54. The van der Waals surface area contributed by atoms with Gasteiger partial charge in [0, 0.05) is 35.4 Å². The molecule has 0 unspecified atom stereocenters. The predicted octanol–water partition coefficient (Wildman–Crippen LogP) is 4.77. The van der Waals surface area contributed by atoms with Crippen molar-refractivity contribution in [3.8, 4) is 0 Å². The fraction of sp³-hybridized carbons (Fsp3) is 0.300. The molecule has 2 aromatic rings. The van der Waals surface area contributed by atoms with Gasteiger partial charge in [0.25, 0.3) is 11.8 Å². The smallest absolute Gasteiger partial charge is 0.255 e. The highest BCUT2D eigenvalue weighted by atomic mass is 35.5. The van der Waals surface area contributed by atoms with Crippen LogP contribution in [-0.4, -0.2) is 30.3 Å². The number of amides is 2. The van der Waals surface area contributed by atoms with Crippen LogP contribution in [0.1, 0.15) is 46.0 Å². The van der Waals surface area contributed by atoms with E-state index in [-0.39, 0.29) is 11.8 Å². The van der Waals surface area contributed by atoms with Crippen molar-refractivity contribution in [2.75, 3.05) is 18.9 Å². The van der Waals surface area contributed by atoms with Gasteiger partial charge in [0.1, 0.15) is 0 Å². The van der Waals surface area contributed by atoms with Gasteiger partial charge in [-0.1, -0.05) is 31.0 Å². The maximum Gasteiger partial charge on any atom is 0.255 e. The molecular formula is C20H23ClN2O2. The molecule has 132 valence electrons. The molecule has 0 atom stereocenters. The number of hydrogen-bond donors (Lipinski definition) is 1. The van der Waals surface area contributed by atoms with Crippen LogP contribution in [0.25, 0.3) is 0 Å². The van der Waals surface area contributed by atoms with Gasteiger partial charge in [-0.05, 0) is 55.3 Å². The Labute approximate surface area is 153 Å². The lowest BCUT2D eigenvalue weighted by Crippen LogP contribution is -2.28. The summed E-state index contributed by atoms with van der Waals surface area (Å²) in [6.07, 6.45) is 1.98. The first-order valence-corrected chi connectivity index (χ1v) is 8.73. The van der Waals surface area contributed by atoms with Gasteiger partial charge >= 0.3 is 0 Å². The number of unbranched alkanes of at least 4 members (excludes halogenated alkanes) is 1. The van der Waals surface area contributed by atoms with Gasteiger partial charge in [-0.15, -0.1) is 0 Å². The van der Waals surface area contributed by atoms with Crippen LogP contribution in [-0.2, 0) is 0 Å². The van der Waals surface area contributed by atoms with Crippen LogP contribution in [0.3, 0.4) is 0 Å². The first-order chi connectivity index (χ1) is 11.9. The monoisotopic (exact) mass is 358 g/mol. The lowest BCUT2D eigenvalue weighted by Gasteiger charge is -2.17. The van der Waals surface area contributed by atoms with E-state index >= 15 is 0 Å². The van der Waals surface area contributed by atoms with E-state index in [0.717, 1.165) is 18.4 Å². The van der Waals surface area contributed by atoms with E-state index in [1.807, 2.05) is 6.92 Å². The molecule has 0 spiro atoms. The molecule has 0 radical (unpaired) electrons. The number of halogens is 1. The summed E-state index contributed by atoms with van der Waals surface area (Å²) in [7, 11) is 1.78. The average Bonchev–Trinajstić information content (AvgIpc) is 2.61. The van der Waals surface area contributed by atoms with Crippen LogP contribution in [0.4, 0.5) is 5.69 Å².